The third kappa shape index (κ3) is 2.86. The van der Waals surface area contributed by atoms with E-state index in [1.165, 1.54) is 19.3 Å². The molecule has 1 amide bonds. The Morgan fingerprint density at radius 2 is 2.10 bits per heavy atom. The first-order valence-corrected chi connectivity index (χ1v) is 8.38. The molecule has 3 rings (SSSR count). The van der Waals surface area contributed by atoms with Gasteiger partial charge < -0.3 is 15.4 Å². The van der Waals surface area contributed by atoms with Crippen LogP contribution in [0.15, 0.2) is 0 Å². The van der Waals surface area contributed by atoms with Gasteiger partial charge >= 0.3 is 0 Å². The molecule has 0 bridgehead atoms. The highest BCUT2D eigenvalue weighted by atomic mass is 16.5. The second-order valence-corrected chi connectivity index (χ2v) is 6.83. The Hall–Kier alpha value is -0.610. The van der Waals surface area contributed by atoms with Crippen LogP contribution in [0.2, 0.25) is 0 Å². The van der Waals surface area contributed by atoms with Crippen molar-refractivity contribution in [3.63, 3.8) is 0 Å². The Kier molecular flexibility index (Phi) is 4.61. The van der Waals surface area contributed by atoms with E-state index >= 15 is 0 Å². The van der Waals surface area contributed by atoms with Crippen molar-refractivity contribution in [3.05, 3.63) is 0 Å². The lowest BCUT2D eigenvalue weighted by molar-refractivity contribution is -0.134. The third-order valence-electron chi connectivity index (χ3n) is 5.67. The minimum Gasteiger partial charge on any atom is -0.381 e. The van der Waals surface area contributed by atoms with Gasteiger partial charge in [0.2, 0.25) is 5.91 Å². The molecule has 2 heterocycles. The second kappa shape index (κ2) is 6.44. The molecule has 20 heavy (non-hydrogen) atoms. The maximum atomic E-state index is 12.7. The normalized spacial score (nSPS) is 34.7. The van der Waals surface area contributed by atoms with E-state index in [1.54, 1.807) is 0 Å². The molecule has 0 aromatic carbocycles. The van der Waals surface area contributed by atoms with Gasteiger partial charge in [-0.1, -0.05) is 12.8 Å². The molecule has 4 nitrogen and oxygen atoms in total. The van der Waals surface area contributed by atoms with Crippen molar-refractivity contribution in [2.24, 2.45) is 17.3 Å². The minimum atomic E-state index is -0.0894. The van der Waals surface area contributed by atoms with E-state index in [1.807, 2.05) is 0 Å². The number of rotatable bonds is 4. The van der Waals surface area contributed by atoms with Crippen LogP contribution < -0.4 is 10.6 Å². The van der Waals surface area contributed by atoms with Crippen molar-refractivity contribution in [1.82, 2.24) is 10.6 Å². The standard InChI is InChI=1S/C16H28N2O2/c19-15(18-8-4-13-5-9-20-10-6-13)16-7-2-1-3-14(16)11-17-12-16/h13-14,17H,1-12H2,(H,18,19)/t14-,16+/m0/s1. The highest BCUT2D eigenvalue weighted by molar-refractivity contribution is 5.83. The fourth-order valence-corrected chi connectivity index (χ4v) is 4.29. The van der Waals surface area contributed by atoms with E-state index in [0.717, 1.165) is 64.4 Å². The highest BCUT2D eigenvalue weighted by Gasteiger charge is 2.49. The van der Waals surface area contributed by atoms with Crippen molar-refractivity contribution in [2.75, 3.05) is 32.8 Å². The van der Waals surface area contributed by atoms with Gasteiger partial charge in [0.15, 0.2) is 0 Å². The Morgan fingerprint density at radius 3 is 2.95 bits per heavy atom. The zero-order valence-electron chi connectivity index (χ0n) is 12.5. The van der Waals surface area contributed by atoms with Crippen molar-refractivity contribution >= 4 is 5.91 Å². The SMILES string of the molecule is O=C(NCCC1CCOCC1)[C@@]12CCCC[C@H]1CNC2. The summed E-state index contributed by atoms with van der Waals surface area (Å²) in [6, 6.07) is 0. The van der Waals surface area contributed by atoms with E-state index in [4.69, 9.17) is 4.74 Å². The maximum Gasteiger partial charge on any atom is 0.227 e. The number of amides is 1. The summed E-state index contributed by atoms with van der Waals surface area (Å²) in [4.78, 5) is 12.7. The van der Waals surface area contributed by atoms with Crippen LogP contribution in [0, 0.1) is 17.3 Å². The van der Waals surface area contributed by atoms with Gasteiger partial charge in [-0.25, -0.2) is 0 Å². The number of ether oxygens (including phenoxy) is 1. The minimum absolute atomic E-state index is 0.0894. The van der Waals surface area contributed by atoms with Crippen molar-refractivity contribution in [1.29, 1.82) is 0 Å². The molecule has 1 saturated carbocycles. The molecule has 0 radical (unpaired) electrons. The summed E-state index contributed by atoms with van der Waals surface area (Å²) >= 11 is 0. The monoisotopic (exact) mass is 280 g/mol. The molecule has 3 aliphatic rings. The molecule has 2 aliphatic heterocycles. The average Bonchev–Trinajstić information content (AvgIpc) is 2.93. The summed E-state index contributed by atoms with van der Waals surface area (Å²) in [6.45, 7) is 4.56. The first-order valence-electron chi connectivity index (χ1n) is 8.38. The fourth-order valence-electron chi connectivity index (χ4n) is 4.29. The van der Waals surface area contributed by atoms with Crippen molar-refractivity contribution in [3.8, 4) is 0 Å². The summed E-state index contributed by atoms with van der Waals surface area (Å²) in [7, 11) is 0. The fraction of sp³-hybridized carbons (Fsp3) is 0.938. The van der Waals surface area contributed by atoms with Crippen LogP contribution in [0.3, 0.4) is 0 Å². The maximum absolute atomic E-state index is 12.7. The van der Waals surface area contributed by atoms with Crippen LogP contribution in [-0.2, 0) is 9.53 Å². The van der Waals surface area contributed by atoms with Crippen LogP contribution in [0.25, 0.3) is 0 Å². The molecule has 0 aromatic heterocycles. The molecule has 0 aromatic rings. The van der Waals surface area contributed by atoms with Crippen LogP contribution in [0.1, 0.15) is 44.9 Å². The van der Waals surface area contributed by atoms with E-state index < -0.39 is 0 Å². The lowest BCUT2D eigenvalue weighted by Crippen LogP contribution is -2.48. The third-order valence-corrected chi connectivity index (χ3v) is 5.67. The lowest BCUT2D eigenvalue weighted by atomic mass is 9.67. The smallest absolute Gasteiger partial charge is 0.227 e. The number of carbonyl (C=O) groups is 1. The molecule has 2 saturated heterocycles. The van der Waals surface area contributed by atoms with E-state index in [2.05, 4.69) is 10.6 Å². The van der Waals surface area contributed by atoms with Crippen LogP contribution in [0.4, 0.5) is 0 Å². The predicted octanol–water partition coefficient (Wildman–Crippen LogP) is 1.70. The van der Waals surface area contributed by atoms with Crippen LogP contribution >= 0.6 is 0 Å². The molecule has 3 fully saturated rings. The summed E-state index contributed by atoms with van der Waals surface area (Å²) in [6.07, 6.45) is 8.24. The number of nitrogens with one attached hydrogen (secondary N) is 2. The average molecular weight is 280 g/mol. The summed E-state index contributed by atoms with van der Waals surface area (Å²) < 4.78 is 5.38. The first kappa shape index (κ1) is 14.3. The van der Waals surface area contributed by atoms with Gasteiger partial charge in [0.1, 0.15) is 0 Å². The molecule has 114 valence electrons. The lowest BCUT2D eigenvalue weighted by Gasteiger charge is -2.37. The van der Waals surface area contributed by atoms with E-state index in [9.17, 15) is 4.79 Å². The molecule has 0 unspecified atom stereocenters. The van der Waals surface area contributed by atoms with Gasteiger partial charge in [-0.05, 0) is 50.5 Å². The zero-order chi connectivity index (χ0) is 13.8. The van der Waals surface area contributed by atoms with Crippen molar-refractivity contribution < 1.29 is 9.53 Å². The molecule has 4 heteroatoms. The second-order valence-electron chi connectivity index (χ2n) is 6.83. The van der Waals surface area contributed by atoms with Crippen molar-refractivity contribution in [2.45, 2.75) is 44.9 Å². The van der Waals surface area contributed by atoms with Crippen LogP contribution in [-0.4, -0.2) is 38.8 Å². The predicted molar refractivity (Wildman–Crippen MR) is 78.4 cm³/mol. The summed E-state index contributed by atoms with van der Waals surface area (Å²) in [5, 5.41) is 6.69. The van der Waals surface area contributed by atoms with Gasteiger partial charge in [-0.15, -0.1) is 0 Å². The topological polar surface area (TPSA) is 50.4 Å². The first-order chi connectivity index (χ1) is 9.81. The molecular weight excluding hydrogens is 252 g/mol. The molecule has 2 N–H and O–H groups in total. The molecule has 0 spiro atoms. The Balaban J connectivity index is 1.48. The molecular formula is C16H28N2O2. The quantitative estimate of drug-likeness (QED) is 0.824. The largest absolute Gasteiger partial charge is 0.381 e. The van der Waals surface area contributed by atoms with Gasteiger partial charge in [-0.2, -0.15) is 0 Å². The Morgan fingerprint density at radius 1 is 1.25 bits per heavy atom. The van der Waals surface area contributed by atoms with E-state index in [-0.39, 0.29) is 5.41 Å². The highest BCUT2D eigenvalue weighted by Crippen LogP contribution is 2.43. The summed E-state index contributed by atoms with van der Waals surface area (Å²) in [5.41, 5.74) is -0.0894. The molecule has 1 aliphatic carbocycles. The van der Waals surface area contributed by atoms with Crippen LogP contribution in [0.5, 0.6) is 0 Å². The molecule has 2 atom stereocenters. The Bertz CT molecular complexity index is 341. The van der Waals surface area contributed by atoms with Gasteiger partial charge in [0, 0.05) is 26.3 Å². The number of hydrogen-bond acceptors (Lipinski definition) is 3. The number of hydrogen-bond donors (Lipinski definition) is 2. The number of fused-ring (bicyclic) bond motifs is 1. The zero-order valence-corrected chi connectivity index (χ0v) is 12.5. The van der Waals surface area contributed by atoms with Gasteiger partial charge in [0.25, 0.3) is 0 Å². The summed E-state index contributed by atoms with van der Waals surface area (Å²) in [5.74, 6) is 1.63. The number of carbonyl (C=O) groups excluding carboxylic acids is 1. The van der Waals surface area contributed by atoms with Gasteiger partial charge in [-0.3, -0.25) is 4.79 Å². The van der Waals surface area contributed by atoms with E-state index in [0.29, 0.717) is 11.8 Å². The van der Waals surface area contributed by atoms with Gasteiger partial charge in [0.05, 0.1) is 5.41 Å². The Labute approximate surface area is 122 Å².